The van der Waals surface area contributed by atoms with Crippen LogP contribution in [0.1, 0.15) is 18.4 Å². The van der Waals surface area contributed by atoms with Crippen molar-refractivity contribution in [2.75, 3.05) is 14.2 Å². The predicted octanol–water partition coefficient (Wildman–Crippen LogP) is 2.02. The Hall–Kier alpha value is -2.15. The van der Waals surface area contributed by atoms with Gasteiger partial charge in [-0.05, 0) is 31.9 Å². The van der Waals surface area contributed by atoms with Crippen LogP contribution in [0.2, 0.25) is 0 Å². The summed E-state index contributed by atoms with van der Waals surface area (Å²) in [6.07, 6.45) is 1.53. The molecule has 1 aliphatic carbocycles. The number of esters is 2. The van der Waals surface area contributed by atoms with E-state index in [1.54, 1.807) is 12.1 Å². The Bertz CT molecular complexity index is 761. The molecule has 24 heavy (non-hydrogen) atoms. The molecule has 1 aromatic carbocycles. The summed E-state index contributed by atoms with van der Waals surface area (Å²) in [5, 5.41) is 0. The summed E-state index contributed by atoms with van der Waals surface area (Å²) >= 11 is 0. The normalized spacial score (nSPS) is 20.9. The van der Waals surface area contributed by atoms with E-state index in [0.717, 1.165) is 5.56 Å². The Labute approximate surface area is 141 Å². The second-order valence-electron chi connectivity index (χ2n) is 5.69. The lowest BCUT2D eigenvalue weighted by atomic mass is 9.83. The molecule has 130 valence electrons. The minimum Gasteiger partial charge on any atom is -0.469 e. The quantitative estimate of drug-likeness (QED) is 0.771. The molecule has 1 aliphatic rings. The first-order valence-corrected chi connectivity index (χ1v) is 8.96. The number of carbonyl (C=O) groups excluding carboxylic acids is 2. The van der Waals surface area contributed by atoms with E-state index in [-0.39, 0.29) is 22.6 Å². The number of ether oxygens (including phenoxy) is 2. The first-order valence-electron chi connectivity index (χ1n) is 7.47. The minimum atomic E-state index is -3.71. The molecule has 0 saturated heterocycles. The lowest BCUT2D eigenvalue weighted by molar-refractivity contribution is -0.157. The Morgan fingerprint density at radius 1 is 1.00 bits per heavy atom. The third-order valence-corrected chi connectivity index (χ3v) is 6.11. The van der Waals surface area contributed by atoms with Crippen LogP contribution >= 0.6 is 0 Å². The van der Waals surface area contributed by atoms with E-state index < -0.39 is 33.6 Å². The van der Waals surface area contributed by atoms with Gasteiger partial charge in [0.1, 0.15) is 0 Å². The molecule has 0 radical (unpaired) electrons. The molecule has 0 unspecified atom stereocenters. The van der Waals surface area contributed by atoms with Crippen molar-refractivity contribution in [2.45, 2.75) is 24.7 Å². The second kappa shape index (κ2) is 7.17. The third-order valence-electron chi connectivity index (χ3n) is 4.19. The van der Waals surface area contributed by atoms with Crippen LogP contribution in [-0.2, 0) is 28.9 Å². The zero-order valence-corrected chi connectivity index (χ0v) is 14.6. The Morgan fingerprint density at radius 3 is 2.08 bits per heavy atom. The summed E-state index contributed by atoms with van der Waals surface area (Å²) in [4.78, 5) is 24.1. The molecule has 0 aliphatic heterocycles. The number of methoxy groups -OCH3 is 2. The van der Waals surface area contributed by atoms with Gasteiger partial charge >= 0.3 is 11.9 Å². The molecule has 0 heterocycles. The first-order chi connectivity index (χ1) is 11.3. The number of carbonyl (C=O) groups is 2. The maximum absolute atomic E-state index is 12.8. The topological polar surface area (TPSA) is 86.7 Å². The van der Waals surface area contributed by atoms with Gasteiger partial charge in [-0.2, -0.15) is 0 Å². The summed E-state index contributed by atoms with van der Waals surface area (Å²) in [7, 11) is -1.26. The SMILES string of the molecule is COC(=O)[C@@H]1CC=C(S(=O)(=O)c2ccc(C)cc2)C[C@H]1C(=O)OC. The minimum absolute atomic E-state index is 0.0807. The lowest BCUT2D eigenvalue weighted by Gasteiger charge is -2.27. The molecule has 0 saturated carbocycles. The summed E-state index contributed by atoms with van der Waals surface area (Å²) in [6, 6.07) is 6.49. The first kappa shape index (κ1) is 18.2. The van der Waals surface area contributed by atoms with Crippen molar-refractivity contribution < 1.29 is 27.5 Å². The van der Waals surface area contributed by atoms with Gasteiger partial charge in [-0.1, -0.05) is 23.8 Å². The molecule has 0 fully saturated rings. The van der Waals surface area contributed by atoms with Crippen LogP contribution in [0.4, 0.5) is 0 Å². The van der Waals surface area contributed by atoms with Gasteiger partial charge in [0.2, 0.25) is 9.84 Å². The van der Waals surface area contributed by atoms with Crippen molar-refractivity contribution in [3.05, 3.63) is 40.8 Å². The maximum Gasteiger partial charge on any atom is 0.309 e. The summed E-state index contributed by atoms with van der Waals surface area (Å²) in [5.41, 5.74) is 0.949. The van der Waals surface area contributed by atoms with Gasteiger partial charge in [0.05, 0.1) is 31.0 Å². The van der Waals surface area contributed by atoms with Crippen LogP contribution in [-0.4, -0.2) is 34.6 Å². The fourth-order valence-corrected chi connectivity index (χ4v) is 4.28. The van der Waals surface area contributed by atoms with Crippen molar-refractivity contribution in [1.29, 1.82) is 0 Å². The van der Waals surface area contributed by atoms with Gasteiger partial charge in [0.25, 0.3) is 0 Å². The monoisotopic (exact) mass is 352 g/mol. The van der Waals surface area contributed by atoms with Crippen molar-refractivity contribution in [3.8, 4) is 0 Å². The number of rotatable bonds is 4. The van der Waals surface area contributed by atoms with Crippen LogP contribution < -0.4 is 0 Å². The van der Waals surface area contributed by atoms with E-state index in [2.05, 4.69) is 0 Å². The Balaban J connectivity index is 2.37. The molecule has 0 spiro atoms. The number of hydrogen-bond donors (Lipinski definition) is 0. The molecule has 6 nitrogen and oxygen atoms in total. The van der Waals surface area contributed by atoms with Crippen LogP contribution in [0.3, 0.4) is 0 Å². The number of aryl methyl sites for hydroxylation is 1. The van der Waals surface area contributed by atoms with Crippen LogP contribution in [0.25, 0.3) is 0 Å². The zero-order valence-electron chi connectivity index (χ0n) is 13.8. The number of benzene rings is 1. The van der Waals surface area contributed by atoms with Crippen molar-refractivity contribution >= 4 is 21.8 Å². The highest BCUT2D eigenvalue weighted by molar-refractivity contribution is 7.95. The van der Waals surface area contributed by atoms with E-state index >= 15 is 0 Å². The van der Waals surface area contributed by atoms with Crippen molar-refractivity contribution in [2.24, 2.45) is 11.8 Å². The van der Waals surface area contributed by atoms with Crippen molar-refractivity contribution in [1.82, 2.24) is 0 Å². The van der Waals surface area contributed by atoms with Crippen molar-refractivity contribution in [3.63, 3.8) is 0 Å². The zero-order chi connectivity index (χ0) is 17.9. The maximum atomic E-state index is 12.8. The standard InChI is InChI=1S/C17H20O6S/c1-11-4-6-12(7-5-11)24(20,21)13-8-9-14(16(18)22-2)15(10-13)17(19)23-3/h4-8,14-15H,9-10H2,1-3H3/t14-,15-/m1/s1. The van der Waals surface area contributed by atoms with Gasteiger partial charge in [0, 0.05) is 4.91 Å². The van der Waals surface area contributed by atoms with Crippen LogP contribution in [0.15, 0.2) is 40.1 Å². The van der Waals surface area contributed by atoms with Crippen LogP contribution in [0, 0.1) is 18.8 Å². The summed E-state index contributed by atoms with van der Waals surface area (Å²) in [5.74, 6) is -2.77. The number of hydrogen-bond acceptors (Lipinski definition) is 6. The Morgan fingerprint density at radius 2 is 1.54 bits per heavy atom. The second-order valence-corrected chi connectivity index (χ2v) is 7.69. The number of sulfone groups is 1. The van der Waals surface area contributed by atoms with E-state index in [1.807, 2.05) is 6.92 Å². The Kier molecular flexibility index (Phi) is 5.43. The highest BCUT2D eigenvalue weighted by Gasteiger charge is 2.40. The fourth-order valence-electron chi connectivity index (χ4n) is 2.76. The molecule has 2 atom stereocenters. The molecule has 0 bridgehead atoms. The van der Waals surface area contributed by atoms with E-state index in [9.17, 15) is 18.0 Å². The average Bonchev–Trinajstić information content (AvgIpc) is 2.60. The molecule has 2 rings (SSSR count). The highest BCUT2D eigenvalue weighted by atomic mass is 32.2. The molecule has 0 N–H and O–H groups in total. The highest BCUT2D eigenvalue weighted by Crippen LogP contribution is 2.36. The van der Waals surface area contributed by atoms with Gasteiger partial charge in [-0.15, -0.1) is 0 Å². The van der Waals surface area contributed by atoms with Gasteiger partial charge in [-0.3, -0.25) is 9.59 Å². The molecule has 7 heteroatoms. The third kappa shape index (κ3) is 3.51. The molecule has 0 amide bonds. The van der Waals surface area contributed by atoms with Gasteiger partial charge < -0.3 is 9.47 Å². The van der Waals surface area contributed by atoms with Crippen LogP contribution in [0.5, 0.6) is 0 Å². The predicted molar refractivity (Wildman–Crippen MR) is 86.7 cm³/mol. The van der Waals surface area contributed by atoms with E-state index in [4.69, 9.17) is 9.47 Å². The largest absolute Gasteiger partial charge is 0.469 e. The molecule has 1 aromatic rings. The summed E-state index contributed by atoms with van der Waals surface area (Å²) in [6.45, 7) is 1.87. The number of allylic oxidation sites excluding steroid dienone is 2. The molecule has 0 aromatic heterocycles. The lowest BCUT2D eigenvalue weighted by Crippen LogP contribution is -2.35. The molecular formula is C17H20O6S. The van der Waals surface area contributed by atoms with E-state index in [1.165, 1.54) is 32.4 Å². The van der Waals surface area contributed by atoms with Gasteiger partial charge in [-0.25, -0.2) is 8.42 Å². The summed E-state index contributed by atoms with van der Waals surface area (Å²) < 4.78 is 35.0. The smallest absolute Gasteiger partial charge is 0.309 e. The average molecular weight is 352 g/mol. The van der Waals surface area contributed by atoms with E-state index in [0.29, 0.717) is 0 Å². The van der Waals surface area contributed by atoms with Gasteiger partial charge in [0.15, 0.2) is 0 Å². The molecular weight excluding hydrogens is 332 g/mol. The fraction of sp³-hybridized carbons (Fsp3) is 0.412.